The van der Waals surface area contributed by atoms with Crippen LogP contribution in [0.4, 0.5) is 11.4 Å². The summed E-state index contributed by atoms with van der Waals surface area (Å²) in [6.07, 6.45) is 5.18. The second kappa shape index (κ2) is 6.95. The Bertz CT molecular complexity index is 1000. The minimum Gasteiger partial charge on any atom is -0.378 e. The number of nitro groups is 1. The van der Waals surface area contributed by atoms with Gasteiger partial charge in [0.2, 0.25) is 0 Å². The van der Waals surface area contributed by atoms with Gasteiger partial charge in [0.25, 0.3) is 11.6 Å². The van der Waals surface area contributed by atoms with Crippen molar-refractivity contribution in [2.24, 2.45) is 5.92 Å². The Labute approximate surface area is 167 Å². The highest BCUT2D eigenvalue weighted by molar-refractivity contribution is 6.32. The number of rotatable bonds is 3. The van der Waals surface area contributed by atoms with Gasteiger partial charge in [-0.25, -0.2) is 0 Å². The van der Waals surface area contributed by atoms with Crippen LogP contribution >= 0.6 is 11.6 Å². The Morgan fingerprint density at radius 3 is 2.75 bits per heavy atom. The Morgan fingerprint density at radius 1 is 1.25 bits per heavy atom. The lowest BCUT2D eigenvalue weighted by Crippen LogP contribution is -2.30. The third kappa shape index (κ3) is 3.03. The second-order valence-electron chi connectivity index (χ2n) is 7.45. The van der Waals surface area contributed by atoms with Gasteiger partial charge in [-0.1, -0.05) is 29.8 Å². The van der Waals surface area contributed by atoms with Gasteiger partial charge in [0.1, 0.15) is 5.02 Å². The molecule has 3 unspecified atom stereocenters. The molecule has 1 heterocycles. The van der Waals surface area contributed by atoms with Crippen LogP contribution in [0.5, 0.6) is 0 Å². The van der Waals surface area contributed by atoms with E-state index in [0.29, 0.717) is 5.56 Å². The van der Waals surface area contributed by atoms with Gasteiger partial charge < -0.3 is 10.2 Å². The molecule has 1 aliphatic heterocycles. The number of anilines is 1. The van der Waals surface area contributed by atoms with Crippen LogP contribution < -0.4 is 5.32 Å². The van der Waals surface area contributed by atoms with E-state index in [1.165, 1.54) is 0 Å². The zero-order valence-corrected chi connectivity index (χ0v) is 16.3. The SMILES string of the molecule is CN(C)C(=O)c1ccc2c(c1)C1C=CCC1C(c1ccc(Cl)c([N+](=O)[O-])c1)N2. The van der Waals surface area contributed by atoms with Crippen LogP contribution in [-0.4, -0.2) is 29.8 Å². The first-order valence-corrected chi connectivity index (χ1v) is 9.47. The van der Waals surface area contributed by atoms with E-state index in [1.54, 1.807) is 31.1 Å². The van der Waals surface area contributed by atoms with Gasteiger partial charge in [-0.2, -0.15) is 0 Å². The summed E-state index contributed by atoms with van der Waals surface area (Å²) in [6, 6.07) is 10.6. The zero-order chi connectivity index (χ0) is 20.0. The van der Waals surface area contributed by atoms with Gasteiger partial charge in [0.05, 0.1) is 11.0 Å². The molecule has 3 atom stereocenters. The standard InChI is InChI=1S/C21H20ClN3O3/c1-24(2)21(26)13-7-9-18-16(10-13)14-4-3-5-15(14)20(23-18)12-6-8-17(22)19(11-12)25(27)28/h3-4,6-11,14-15,20,23H,5H2,1-2H3. The molecular formula is C21H20ClN3O3. The van der Waals surface area contributed by atoms with Gasteiger partial charge in [-0.15, -0.1) is 0 Å². The predicted octanol–water partition coefficient (Wildman–Crippen LogP) is 4.78. The Hall–Kier alpha value is -2.86. The number of halogens is 1. The van der Waals surface area contributed by atoms with Crippen molar-refractivity contribution in [3.63, 3.8) is 0 Å². The van der Waals surface area contributed by atoms with Crippen LogP contribution in [0.1, 0.15) is 39.9 Å². The number of nitrogens with one attached hydrogen (secondary N) is 1. The number of carbonyl (C=O) groups is 1. The molecule has 2 aliphatic rings. The van der Waals surface area contributed by atoms with Gasteiger partial charge in [0, 0.05) is 37.3 Å². The van der Waals surface area contributed by atoms with E-state index in [-0.39, 0.29) is 34.5 Å². The molecule has 0 saturated heterocycles. The molecule has 0 saturated carbocycles. The van der Waals surface area contributed by atoms with Gasteiger partial charge in [0.15, 0.2) is 0 Å². The molecule has 6 nitrogen and oxygen atoms in total. The summed E-state index contributed by atoms with van der Waals surface area (Å²) in [6.45, 7) is 0. The number of benzene rings is 2. The molecule has 0 spiro atoms. The second-order valence-corrected chi connectivity index (χ2v) is 7.85. The van der Waals surface area contributed by atoms with Crippen LogP contribution in [-0.2, 0) is 0 Å². The lowest BCUT2D eigenvalue weighted by atomic mass is 9.76. The maximum Gasteiger partial charge on any atom is 0.288 e. The third-order valence-corrected chi connectivity index (χ3v) is 5.86. The number of fused-ring (bicyclic) bond motifs is 3. The Balaban J connectivity index is 1.75. The summed E-state index contributed by atoms with van der Waals surface area (Å²) in [5.41, 5.74) is 3.46. The topological polar surface area (TPSA) is 75.5 Å². The number of nitrogens with zero attached hydrogens (tertiary/aromatic N) is 2. The number of amides is 1. The molecule has 1 amide bonds. The molecule has 0 radical (unpaired) electrons. The van der Waals surface area contributed by atoms with Crippen molar-refractivity contribution >= 4 is 28.9 Å². The maximum absolute atomic E-state index is 12.4. The van der Waals surface area contributed by atoms with Crippen molar-refractivity contribution < 1.29 is 9.72 Å². The minimum absolute atomic E-state index is 0.0308. The lowest BCUT2D eigenvalue weighted by molar-refractivity contribution is -0.384. The normalized spacial score (nSPS) is 22.2. The van der Waals surface area contributed by atoms with Gasteiger partial charge >= 0.3 is 0 Å². The van der Waals surface area contributed by atoms with Crippen LogP contribution in [0, 0.1) is 16.0 Å². The van der Waals surface area contributed by atoms with Crippen molar-refractivity contribution in [2.75, 3.05) is 19.4 Å². The minimum atomic E-state index is -0.452. The van der Waals surface area contributed by atoms with E-state index in [1.807, 2.05) is 24.3 Å². The molecule has 4 rings (SSSR count). The highest BCUT2D eigenvalue weighted by atomic mass is 35.5. The molecular weight excluding hydrogens is 378 g/mol. The average Bonchev–Trinajstić information content (AvgIpc) is 3.16. The largest absolute Gasteiger partial charge is 0.378 e. The van der Waals surface area contributed by atoms with Crippen molar-refractivity contribution in [3.8, 4) is 0 Å². The molecule has 144 valence electrons. The summed E-state index contributed by atoms with van der Waals surface area (Å²) in [5.74, 6) is 0.348. The molecule has 1 N–H and O–H groups in total. The number of hydrogen-bond acceptors (Lipinski definition) is 4. The van der Waals surface area contributed by atoms with Crippen molar-refractivity contribution in [1.29, 1.82) is 0 Å². The highest BCUT2D eigenvalue weighted by Crippen LogP contribution is 2.50. The summed E-state index contributed by atoms with van der Waals surface area (Å²) in [4.78, 5) is 24.8. The molecule has 0 fully saturated rings. The lowest BCUT2D eigenvalue weighted by Gasteiger charge is -2.37. The van der Waals surface area contributed by atoms with Gasteiger partial charge in [-0.3, -0.25) is 14.9 Å². The van der Waals surface area contributed by atoms with E-state index in [0.717, 1.165) is 23.2 Å². The predicted molar refractivity (Wildman–Crippen MR) is 109 cm³/mol. The van der Waals surface area contributed by atoms with E-state index in [9.17, 15) is 14.9 Å². The van der Waals surface area contributed by atoms with Crippen molar-refractivity contribution in [1.82, 2.24) is 4.90 Å². The van der Waals surface area contributed by atoms with Gasteiger partial charge in [-0.05, 0) is 47.7 Å². The average molecular weight is 398 g/mol. The zero-order valence-electron chi connectivity index (χ0n) is 15.6. The first kappa shape index (κ1) is 18.5. The summed E-state index contributed by atoms with van der Waals surface area (Å²) in [5, 5.41) is 15.0. The third-order valence-electron chi connectivity index (χ3n) is 5.54. The molecule has 7 heteroatoms. The summed E-state index contributed by atoms with van der Waals surface area (Å²) < 4.78 is 0. The number of allylic oxidation sites excluding steroid dienone is 2. The van der Waals surface area contributed by atoms with E-state index in [2.05, 4.69) is 17.5 Å². The molecule has 2 aromatic carbocycles. The summed E-state index contributed by atoms with van der Waals surface area (Å²) in [7, 11) is 3.48. The molecule has 0 aromatic heterocycles. The van der Waals surface area contributed by atoms with Crippen LogP contribution in [0.3, 0.4) is 0 Å². The summed E-state index contributed by atoms with van der Waals surface area (Å²) >= 11 is 5.98. The number of carbonyl (C=O) groups excluding carboxylic acids is 1. The highest BCUT2D eigenvalue weighted by Gasteiger charge is 2.38. The Morgan fingerprint density at radius 2 is 2.04 bits per heavy atom. The first-order chi connectivity index (χ1) is 13.4. The fourth-order valence-corrected chi connectivity index (χ4v) is 4.37. The molecule has 2 aromatic rings. The van der Waals surface area contributed by atoms with Crippen LogP contribution in [0.15, 0.2) is 48.6 Å². The van der Waals surface area contributed by atoms with Crippen molar-refractivity contribution in [2.45, 2.75) is 18.4 Å². The smallest absolute Gasteiger partial charge is 0.288 e. The van der Waals surface area contributed by atoms with Crippen molar-refractivity contribution in [3.05, 3.63) is 80.4 Å². The maximum atomic E-state index is 12.4. The fraction of sp³-hybridized carbons (Fsp3) is 0.286. The van der Waals surface area contributed by atoms with Crippen LogP contribution in [0.25, 0.3) is 0 Å². The molecule has 0 bridgehead atoms. The Kier molecular flexibility index (Phi) is 4.59. The first-order valence-electron chi connectivity index (χ1n) is 9.09. The monoisotopic (exact) mass is 397 g/mol. The quantitative estimate of drug-likeness (QED) is 0.459. The van der Waals surface area contributed by atoms with E-state index in [4.69, 9.17) is 11.6 Å². The van der Waals surface area contributed by atoms with Crippen LogP contribution in [0.2, 0.25) is 5.02 Å². The number of hydrogen-bond donors (Lipinski definition) is 1. The molecule has 28 heavy (non-hydrogen) atoms. The number of nitro benzene ring substituents is 1. The van der Waals surface area contributed by atoms with E-state index >= 15 is 0 Å². The fourth-order valence-electron chi connectivity index (χ4n) is 4.18. The molecule has 1 aliphatic carbocycles. The van der Waals surface area contributed by atoms with E-state index < -0.39 is 4.92 Å².